The Balaban J connectivity index is 1.27. The quantitative estimate of drug-likeness (QED) is 0.284. The molecule has 1 aliphatic rings. The van der Waals surface area contributed by atoms with E-state index >= 15 is 0 Å². The number of carbonyl (C=O) groups is 1. The van der Waals surface area contributed by atoms with E-state index in [2.05, 4.69) is 10.6 Å². The SMILES string of the molecule is NC(=O)c1ccccc1C[C@H]1CC[C@H](Nc2nc(Nc3ccc(Cl)cc3)c3ccccc3n2)CC1. The summed E-state index contributed by atoms with van der Waals surface area (Å²) in [5.74, 6) is 1.57. The standard InChI is InChI=1S/C28H28ClN5O/c29-20-11-15-21(16-12-20)31-27-24-7-3-4-8-25(24)33-28(34-27)32-22-13-9-18(10-14-22)17-19-5-1-2-6-23(19)26(30)35/h1-8,11-12,15-16,18,22H,9-10,13-14,17H2,(H2,30,35)(H2,31,32,33,34)/t18-,22-. The molecule has 3 aromatic carbocycles. The van der Waals surface area contributed by atoms with Gasteiger partial charge in [0.1, 0.15) is 5.82 Å². The number of fused-ring (bicyclic) bond motifs is 1. The summed E-state index contributed by atoms with van der Waals surface area (Å²) in [6.07, 6.45) is 5.09. The molecule has 1 saturated carbocycles. The Labute approximate surface area is 209 Å². The maximum Gasteiger partial charge on any atom is 0.248 e. The number of hydrogen-bond acceptors (Lipinski definition) is 5. The first-order valence-electron chi connectivity index (χ1n) is 12.0. The molecule has 178 valence electrons. The van der Waals surface area contributed by atoms with Gasteiger partial charge in [-0.25, -0.2) is 4.98 Å². The number of halogens is 1. The summed E-state index contributed by atoms with van der Waals surface area (Å²) in [5.41, 5.74) is 9.05. The van der Waals surface area contributed by atoms with Gasteiger partial charge >= 0.3 is 0 Å². The van der Waals surface area contributed by atoms with Gasteiger partial charge in [0.15, 0.2) is 0 Å². The van der Waals surface area contributed by atoms with Crippen molar-refractivity contribution in [3.05, 3.63) is 88.9 Å². The molecule has 0 saturated heterocycles. The molecule has 1 aromatic heterocycles. The van der Waals surface area contributed by atoms with Crippen molar-refractivity contribution in [2.75, 3.05) is 10.6 Å². The lowest BCUT2D eigenvalue weighted by molar-refractivity contribution is 0.0999. The molecule has 0 bridgehead atoms. The van der Waals surface area contributed by atoms with Gasteiger partial charge in [-0.3, -0.25) is 4.79 Å². The van der Waals surface area contributed by atoms with Crippen LogP contribution < -0.4 is 16.4 Å². The Bertz CT molecular complexity index is 1330. The number of aromatic nitrogens is 2. The minimum atomic E-state index is -0.354. The highest BCUT2D eigenvalue weighted by atomic mass is 35.5. The summed E-state index contributed by atoms with van der Waals surface area (Å²) < 4.78 is 0. The van der Waals surface area contributed by atoms with Gasteiger partial charge in [0.25, 0.3) is 0 Å². The normalized spacial score (nSPS) is 17.7. The maximum atomic E-state index is 11.8. The van der Waals surface area contributed by atoms with E-state index in [1.165, 1.54) is 0 Å². The van der Waals surface area contributed by atoms with Crippen LogP contribution in [0, 0.1) is 5.92 Å². The lowest BCUT2D eigenvalue weighted by atomic mass is 9.81. The van der Waals surface area contributed by atoms with Gasteiger partial charge in [-0.2, -0.15) is 4.98 Å². The number of nitrogens with zero attached hydrogens (tertiary/aromatic N) is 2. The van der Waals surface area contributed by atoms with Crippen molar-refractivity contribution in [1.29, 1.82) is 0 Å². The van der Waals surface area contributed by atoms with E-state index < -0.39 is 0 Å². The molecule has 1 aliphatic carbocycles. The Morgan fingerprint density at radius 1 is 0.914 bits per heavy atom. The van der Waals surface area contributed by atoms with E-state index in [4.69, 9.17) is 27.3 Å². The fourth-order valence-electron chi connectivity index (χ4n) is 4.85. The molecule has 4 aromatic rings. The smallest absolute Gasteiger partial charge is 0.248 e. The molecular weight excluding hydrogens is 458 g/mol. The molecule has 1 heterocycles. The molecule has 1 fully saturated rings. The summed E-state index contributed by atoms with van der Waals surface area (Å²) in [5, 5.41) is 8.63. The number of nitrogens with two attached hydrogens (primary N) is 1. The van der Waals surface area contributed by atoms with E-state index in [9.17, 15) is 4.79 Å². The molecule has 0 atom stereocenters. The fraction of sp³-hybridized carbons (Fsp3) is 0.250. The lowest BCUT2D eigenvalue weighted by Crippen LogP contribution is -2.28. The van der Waals surface area contributed by atoms with Crippen molar-refractivity contribution in [3.63, 3.8) is 0 Å². The van der Waals surface area contributed by atoms with E-state index in [1.807, 2.05) is 72.8 Å². The van der Waals surface area contributed by atoms with Crippen molar-refractivity contribution in [2.24, 2.45) is 11.7 Å². The summed E-state index contributed by atoms with van der Waals surface area (Å²) in [6, 6.07) is 23.6. The molecule has 6 nitrogen and oxygen atoms in total. The van der Waals surface area contributed by atoms with Crippen molar-refractivity contribution >= 4 is 45.9 Å². The predicted molar refractivity (Wildman–Crippen MR) is 142 cm³/mol. The summed E-state index contributed by atoms with van der Waals surface area (Å²) >= 11 is 6.04. The Hall–Kier alpha value is -3.64. The van der Waals surface area contributed by atoms with E-state index in [1.54, 1.807) is 0 Å². The second-order valence-corrected chi connectivity index (χ2v) is 9.57. The molecule has 0 radical (unpaired) electrons. The third-order valence-corrected chi connectivity index (χ3v) is 6.93. The number of rotatable bonds is 7. The first-order valence-corrected chi connectivity index (χ1v) is 12.4. The van der Waals surface area contributed by atoms with Crippen molar-refractivity contribution in [2.45, 2.75) is 38.1 Å². The number of para-hydroxylation sites is 1. The molecule has 1 amide bonds. The van der Waals surface area contributed by atoms with Gasteiger partial charge < -0.3 is 16.4 Å². The second-order valence-electron chi connectivity index (χ2n) is 9.13. The van der Waals surface area contributed by atoms with Crippen molar-refractivity contribution in [3.8, 4) is 0 Å². The minimum Gasteiger partial charge on any atom is -0.366 e. The Morgan fingerprint density at radius 3 is 2.40 bits per heavy atom. The number of nitrogens with one attached hydrogen (secondary N) is 2. The topological polar surface area (TPSA) is 92.9 Å². The Morgan fingerprint density at radius 2 is 1.63 bits per heavy atom. The largest absolute Gasteiger partial charge is 0.366 e. The van der Waals surface area contributed by atoms with Crippen LogP contribution >= 0.6 is 11.6 Å². The second kappa shape index (κ2) is 10.3. The highest BCUT2D eigenvalue weighted by molar-refractivity contribution is 6.30. The van der Waals surface area contributed by atoms with Crippen LogP contribution in [0.1, 0.15) is 41.6 Å². The maximum absolute atomic E-state index is 11.8. The zero-order valence-corrected chi connectivity index (χ0v) is 20.1. The minimum absolute atomic E-state index is 0.308. The predicted octanol–water partition coefficient (Wildman–Crippen LogP) is 6.34. The van der Waals surface area contributed by atoms with Gasteiger partial charge in [0, 0.05) is 27.7 Å². The molecule has 7 heteroatoms. The Kier molecular flexibility index (Phi) is 6.82. The van der Waals surface area contributed by atoms with Crippen LogP contribution in [0.3, 0.4) is 0 Å². The zero-order chi connectivity index (χ0) is 24.2. The van der Waals surface area contributed by atoms with E-state index in [-0.39, 0.29) is 5.91 Å². The third-order valence-electron chi connectivity index (χ3n) is 6.68. The van der Waals surface area contributed by atoms with Crippen LogP contribution in [0.5, 0.6) is 0 Å². The van der Waals surface area contributed by atoms with Gasteiger partial charge in [0.2, 0.25) is 11.9 Å². The van der Waals surface area contributed by atoms with Gasteiger partial charge in [-0.15, -0.1) is 0 Å². The molecule has 35 heavy (non-hydrogen) atoms. The van der Waals surface area contributed by atoms with Crippen LogP contribution in [0.2, 0.25) is 5.02 Å². The fourth-order valence-corrected chi connectivity index (χ4v) is 4.98. The zero-order valence-electron chi connectivity index (χ0n) is 19.4. The number of carbonyl (C=O) groups excluding carboxylic acids is 1. The monoisotopic (exact) mass is 485 g/mol. The summed E-state index contributed by atoms with van der Waals surface area (Å²) in [6.45, 7) is 0. The van der Waals surface area contributed by atoms with E-state index in [0.717, 1.165) is 60.1 Å². The summed E-state index contributed by atoms with van der Waals surface area (Å²) in [4.78, 5) is 21.3. The molecule has 5 rings (SSSR count). The van der Waals surface area contributed by atoms with E-state index in [0.29, 0.717) is 28.5 Å². The highest BCUT2D eigenvalue weighted by Gasteiger charge is 2.23. The van der Waals surface area contributed by atoms with Crippen LogP contribution in [-0.4, -0.2) is 21.9 Å². The molecule has 4 N–H and O–H groups in total. The average Bonchev–Trinajstić information content (AvgIpc) is 2.87. The van der Waals surface area contributed by atoms with Gasteiger partial charge in [0.05, 0.1) is 5.52 Å². The molecule has 0 unspecified atom stereocenters. The van der Waals surface area contributed by atoms with Gasteiger partial charge in [-0.1, -0.05) is 41.9 Å². The lowest BCUT2D eigenvalue weighted by Gasteiger charge is -2.29. The number of primary amides is 1. The van der Waals surface area contributed by atoms with Gasteiger partial charge in [-0.05, 0) is 86.1 Å². The van der Waals surface area contributed by atoms with Crippen LogP contribution in [-0.2, 0) is 6.42 Å². The average molecular weight is 486 g/mol. The number of benzene rings is 3. The van der Waals surface area contributed by atoms with Crippen molar-refractivity contribution < 1.29 is 4.79 Å². The first kappa shape index (κ1) is 23.1. The molecule has 0 aliphatic heterocycles. The molecular formula is C28H28ClN5O. The number of amides is 1. The number of anilines is 3. The van der Waals surface area contributed by atoms with Crippen molar-refractivity contribution in [1.82, 2.24) is 9.97 Å². The first-order chi connectivity index (χ1) is 17.0. The summed E-state index contributed by atoms with van der Waals surface area (Å²) in [7, 11) is 0. The van der Waals surface area contributed by atoms with Crippen LogP contribution in [0.25, 0.3) is 10.9 Å². The molecule has 0 spiro atoms. The number of hydrogen-bond donors (Lipinski definition) is 3. The van der Waals surface area contributed by atoms with Crippen LogP contribution in [0.15, 0.2) is 72.8 Å². The highest BCUT2D eigenvalue weighted by Crippen LogP contribution is 2.31. The third kappa shape index (κ3) is 5.54. The van der Waals surface area contributed by atoms with Crippen LogP contribution in [0.4, 0.5) is 17.5 Å².